The Kier molecular flexibility index (Phi) is 5.21. The van der Waals surface area contributed by atoms with Crippen LogP contribution in [-0.2, 0) is 20.9 Å². The number of morpholine rings is 1. The number of fused-ring (bicyclic) bond motifs is 1. The molecule has 126 valence electrons. The van der Waals surface area contributed by atoms with Gasteiger partial charge in [-0.3, -0.25) is 19.2 Å². The second-order valence-electron chi connectivity index (χ2n) is 5.44. The molecule has 1 fully saturated rings. The van der Waals surface area contributed by atoms with Gasteiger partial charge in [-0.15, -0.1) is 0 Å². The van der Waals surface area contributed by atoms with Gasteiger partial charge in [-0.1, -0.05) is 11.3 Å². The molecule has 23 heavy (non-hydrogen) atoms. The SMILES string of the molecule is COC(=O)C=c1sc2n(c1=O)CN(CCN1CCOCC1)CN=2. The summed E-state index contributed by atoms with van der Waals surface area (Å²) in [6.07, 6.45) is 1.23. The lowest BCUT2D eigenvalue weighted by Crippen LogP contribution is -2.46. The van der Waals surface area contributed by atoms with E-state index in [4.69, 9.17) is 4.74 Å². The van der Waals surface area contributed by atoms with E-state index in [1.54, 1.807) is 4.57 Å². The molecular weight excluding hydrogens is 320 g/mol. The van der Waals surface area contributed by atoms with E-state index in [0.29, 0.717) is 22.7 Å². The topological polar surface area (TPSA) is 76.4 Å². The Hall–Kier alpha value is -1.55. The van der Waals surface area contributed by atoms with Crippen LogP contribution in [0.4, 0.5) is 0 Å². The summed E-state index contributed by atoms with van der Waals surface area (Å²) < 4.78 is 11.9. The number of rotatable bonds is 4. The fraction of sp³-hybridized carbons (Fsp3) is 0.643. The Morgan fingerprint density at radius 3 is 2.83 bits per heavy atom. The molecule has 0 N–H and O–H groups in total. The van der Waals surface area contributed by atoms with Crippen LogP contribution in [0, 0.1) is 0 Å². The zero-order chi connectivity index (χ0) is 16.2. The fourth-order valence-electron chi connectivity index (χ4n) is 2.57. The standard InChI is InChI=1S/C14H20N4O4S/c1-21-12(19)8-11-13(20)18-10-17(9-15-14(18)23-11)3-2-16-4-6-22-7-5-16/h8H,2-7,9-10H2,1H3. The number of carbonyl (C=O) groups excluding carboxylic acids is 1. The van der Waals surface area contributed by atoms with Crippen molar-refractivity contribution in [2.75, 3.05) is 53.2 Å². The molecule has 2 aliphatic rings. The molecule has 1 saturated heterocycles. The highest BCUT2D eigenvalue weighted by Crippen LogP contribution is 2.00. The Balaban J connectivity index is 1.67. The van der Waals surface area contributed by atoms with Crippen molar-refractivity contribution in [1.29, 1.82) is 0 Å². The van der Waals surface area contributed by atoms with E-state index >= 15 is 0 Å². The van der Waals surface area contributed by atoms with E-state index in [2.05, 4.69) is 19.5 Å². The molecule has 8 nitrogen and oxygen atoms in total. The van der Waals surface area contributed by atoms with Crippen LogP contribution in [0.5, 0.6) is 0 Å². The predicted molar refractivity (Wildman–Crippen MR) is 84.7 cm³/mol. The summed E-state index contributed by atoms with van der Waals surface area (Å²) in [6.45, 7) is 6.33. The summed E-state index contributed by atoms with van der Waals surface area (Å²) in [4.78, 5) is 33.2. The van der Waals surface area contributed by atoms with E-state index in [0.717, 1.165) is 39.4 Å². The minimum atomic E-state index is -0.523. The second kappa shape index (κ2) is 7.35. The first kappa shape index (κ1) is 16.3. The Morgan fingerprint density at radius 2 is 2.09 bits per heavy atom. The van der Waals surface area contributed by atoms with Gasteiger partial charge in [0.2, 0.25) is 0 Å². The highest BCUT2D eigenvalue weighted by atomic mass is 32.1. The highest BCUT2D eigenvalue weighted by Gasteiger charge is 2.17. The molecule has 0 atom stereocenters. The molecule has 0 aliphatic carbocycles. The quantitative estimate of drug-likeness (QED) is 0.593. The van der Waals surface area contributed by atoms with Crippen molar-refractivity contribution in [3.63, 3.8) is 0 Å². The van der Waals surface area contributed by atoms with E-state index in [9.17, 15) is 9.59 Å². The third kappa shape index (κ3) is 3.86. The van der Waals surface area contributed by atoms with E-state index in [-0.39, 0.29) is 5.56 Å². The largest absolute Gasteiger partial charge is 0.466 e. The van der Waals surface area contributed by atoms with Gasteiger partial charge in [0, 0.05) is 32.3 Å². The summed E-state index contributed by atoms with van der Waals surface area (Å²) in [6, 6.07) is 0. The molecule has 3 rings (SSSR count). The molecule has 0 saturated carbocycles. The maximum atomic E-state index is 12.3. The van der Waals surface area contributed by atoms with Crippen molar-refractivity contribution < 1.29 is 14.3 Å². The molecule has 0 aromatic carbocycles. The van der Waals surface area contributed by atoms with Crippen LogP contribution in [0.2, 0.25) is 0 Å². The summed E-state index contributed by atoms with van der Waals surface area (Å²) in [5.41, 5.74) is -0.185. The van der Waals surface area contributed by atoms with Crippen LogP contribution in [-0.4, -0.2) is 73.5 Å². The third-order valence-electron chi connectivity index (χ3n) is 3.92. The van der Waals surface area contributed by atoms with Gasteiger partial charge in [-0.25, -0.2) is 9.79 Å². The number of carbonyl (C=O) groups is 1. The molecule has 0 bridgehead atoms. The van der Waals surface area contributed by atoms with Crippen LogP contribution in [0.15, 0.2) is 9.79 Å². The molecule has 1 aromatic heterocycles. The van der Waals surface area contributed by atoms with Crippen molar-refractivity contribution in [3.05, 3.63) is 19.7 Å². The van der Waals surface area contributed by atoms with Crippen LogP contribution >= 0.6 is 11.3 Å². The molecule has 0 amide bonds. The first-order valence-electron chi connectivity index (χ1n) is 7.53. The monoisotopic (exact) mass is 340 g/mol. The van der Waals surface area contributed by atoms with Crippen molar-refractivity contribution in [2.45, 2.75) is 6.67 Å². The minimum Gasteiger partial charge on any atom is -0.466 e. The summed E-state index contributed by atoms with van der Waals surface area (Å²) in [5.74, 6) is -0.523. The number of aromatic nitrogens is 1. The smallest absolute Gasteiger partial charge is 0.332 e. The molecule has 0 unspecified atom stereocenters. The number of hydrogen-bond acceptors (Lipinski definition) is 8. The van der Waals surface area contributed by atoms with Crippen LogP contribution < -0.4 is 14.9 Å². The average molecular weight is 340 g/mol. The summed E-state index contributed by atoms with van der Waals surface area (Å²) >= 11 is 1.23. The van der Waals surface area contributed by atoms with Gasteiger partial charge in [0.15, 0.2) is 4.80 Å². The molecule has 1 aromatic rings. The highest BCUT2D eigenvalue weighted by molar-refractivity contribution is 7.07. The molecule has 9 heteroatoms. The molecule has 0 spiro atoms. The van der Waals surface area contributed by atoms with Gasteiger partial charge in [0.05, 0.1) is 33.7 Å². The van der Waals surface area contributed by atoms with Gasteiger partial charge >= 0.3 is 5.97 Å². The van der Waals surface area contributed by atoms with E-state index < -0.39 is 5.97 Å². The zero-order valence-electron chi connectivity index (χ0n) is 13.1. The van der Waals surface area contributed by atoms with E-state index in [1.807, 2.05) is 0 Å². The van der Waals surface area contributed by atoms with Gasteiger partial charge in [-0.05, 0) is 0 Å². The van der Waals surface area contributed by atoms with E-state index in [1.165, 1.54) is 24.5 Å². The molecular formula is C14H20N4O4S. The van der Waals surface area contributed by atoms with Gasteiger partial charge < -0.3 is 9.47 Å². The first-order chi connectivity index (χ1) is 11.2. The summed E-state index contributed by atoms with van der Waals surface area (Å²) in [7, 11) is 1.29. The van der Waals surface area contributed by atoms with Crippen LogP contribution in [0.25, 0.3) is 6.08 Å². The number of hydrogen-bond donors (Lipinski definition) is 0. The zero-order valence-corrected chi connectivity index (χ0v) is 13.9. The lowest BCUT2D eigenvalue weighted by atomic mass is 10.4. The van der Waals surface area contributed by atoms with Gasteiger partial charge in [0.25, 0.3) is 5.56 Å². The minimum absolute atomic E-state index is 0.185. The number of thiazole rings is 1. The van der Waals surface area contributed by atoms with Crippen LogP contribution in [0.3, 0.4) is 0 Å². The van der Waals surface area contributed by atoms with Crippen molar-refractivity contribution in [1.82, 2.24) is 14.4 Å². The summed E-state index contributed by atoms with van der Waals surface area (Å²) in [5, 5.41) is 0. The number of nitrogens with zero attached hydrogens (tertiary/aromatic N) is 4. The number of esters is 1. The lowest BCUT2D eigenvalue weighted by Gasteiger charge is -2.30. The molecule has 0 radical (unpaired) electrons. The Labute approximate surface area is 137 Å². The normalized spacial score (nSPS) is 20.1. The van der Waals surface area contributed by atoms with Crippen molar-refractivity contribution >= 4 is 23.4 Å². The fourth-order valence-corrected chi connectivity index (χ4v) is 3.49. The van der Waals surface area contributed by atoms with Crippen molar-refractivity contribution in [2.24, 2.45) is 4.99 Å². The van der Waals surface area contributed by atoms with Gasteiger partial charge in [0.1, 0.15) is 4.53 Å². The third-order valence-corrected chi connectivity index (χ3v) is 4.97. The molecule has 3 heterocycles. The van der Waals surface area contributed by atoms with Crippen molar-refractivity contribution in [3.8, 4) is 0 Å². The average Bonchev–Trinajstić information content (AvgIpc) is 2.89. The lowest BCUT2D eigenvalue weighted by molar-refractivity contribution is -0.133. The maximum absolute atomic E-state index is 12.3. The Bertz CT molecular complexity index is 735. The molecule has 2 aliphatic heterocycles. The maximum Gasteiger partial charge on any atom is 0.332 e. The number of methoxy groups -OCH3 is 1. The first-order valence-corrected chi connectivity index (χ1v) is 8.35. The number of ether oxygens (including phenoxy) is 2. The Morgan fingerprint density at radius 1 is 1.35 bits per heavy atom. The second-order valence-corrected chi connectivity index (χ2v) is 6.45. The predicted octanol–water partition coefficient (Wildman–Crippen LogP) is -1.95. The van der Waals surface area contributed by atoms with Gasteiger partial charge in [-0.2, -0.15) is 0 Å². The van der Waals surface area contributed by atoms with Crippen LogP contribution in [0.1, 0.15) is 0 Å².